The summed E-state index contributed by atoms with van der Waals surface area (Å²) in [6, 6.07) is 9.32. The van der Waals surface area contributed by atoms with Gasteiger partial charge < -0.3 is 38.7 Å². The first kappa shape index (κ1) is 34.8. The van der Waals surface area contributed by atoms with Crippen molar-refractivity contribution in [3.63, 3.8) is 0 Å². The normalized spacial score (nSPS) is 27.4. The molecule has 8 heterocycles. The Morgan fingerprint density at radius 1 is 1.13 bits per heavy atom. The molecule has 7 aliphatic heterocycles. The molecule has 3 aromatic carbocycles. The van der Waals surface area contributed by atoms with E-state index in [0.29, 0.717) is 59.8 Å². The number of nitrogens with zero attached hydrogens (tertiary/aromatic N) is 2. The zero-order valence-corrected chi connectivity index (χ0v) is 32.1. The van der Waals surface area contributed by atoms with Crippen molar-refractivity contribution in [2.75, 3.05) is 46.0 Å². The maximum absolute atomic E-state index is 14.8. The number of aryl methyl sites for hydroxylation is 1. The Hall–Kier alpha value is -4.69. The van der Waals surface area contributed by atoms with Gasteiger partial charge in [0.25, 0.3) is 0 Å². The largest absolute Gasteiger partial charge is 0.650 e. The van der Waals surface area contributed by atoms with Gasteiger partial charge in [0.05, 0.1) is 18.8 Å². The van der Waals surface area contributed by atoms with Crippen molar-refractivity contribution in [3.05, 3.63) is 92.9 Å². The number of methoxy groups -OCH3 is 1. The van der Waals surface area contributed by atoms with Gasteiger partial charge in [-0.15, -0.1) is 17.8 Å². The number of piperazine rings is 1. The molecule has 286 valence electrons. The number of ether oxygens (including phenoxy) is 6. The van der Waals surface area contributed by atoms with Gasteiger partial charge in [-0.05, 0) is 61.6 Å². The molecule has 7 aliphatic rings. The summed E-state index contributed by atoms with van der Waals surface area (Å²) in [5.74, 6) is 2.53. The Morgan fingerprint density at radius 3 is 2.78 bits per heavy atom. The average molecular weight is 764 g/mol. The molecule has 4 bridgehead atoms. The number of H-pyrrole nitrogens is 1. The van der Waals surface area contributed by atoms with E-state index in [1.807, 2.05) is 26.0 Å². The van der Waals surface area contributed by atoms with E-state index in [0.717, 1.165) is 57.3 Å². The summed E-state index contributed by atoms with van der Waals surface area (Å²) in [6.07, 6.45) is 3.24. The number of para-hydroxylation sites is 1. The monoisotopic (exact) mass is 763 g/mol. The maximum atomic E-state index is 14.8. The standard InChI is InChI=1S/C42H43N4O8S/c1-6-13-50-37-29-23(14-20(2)34(37)49-5)15-24-16-46-28-17-51-41(48)42(40-26(11-12-43-42)25-9-7-8-10-27(25)45-40)18-55-39(33(46)32(29)44-24)31-30(28)38-36(52-19-53-38)21(3)35(31)54-22(4)47/h6-10,14,24,28,32-33,39,43,45H,1,11-13,15-19H2,2-5H3/q-1/t24-,28-,32+,33?,39+,42+/m0/s1. The minimum absolute atomic E-state index is 0.0222. The molecular weight excluding hydrogens is 721 g/mol. The second kappa shape index (κ2) is 12.9. The van der Waals surface area contributed by atoms with Crippen LogP contribution in [-0.2, 0) is 32.7 Å². The molecule has 2 saturated heterocycles. The highest BCUT2D eigenvalue weighted by atomic mass is 32.2. The molecular formula is C42H43N4O8S-. The third-order valence-electron chi connectivity index (χ3n) is 12.2. The van der Waals surface area contributed by atoms with Crippen LogP contribution in [-0.4, -0.2) is 79.9 Å². The van der Waals surface area contributed by atoms with Crippen molar-refractivity contribution >= 4 is 34.6 Å². The Morgan fingerprint density at radius 2 is 1.96 bits per heavy atom. The molecule has 0 aliphatic carbocycles. The second-order valence-corrected chi connectivity index (χ2v) is 16.4. The van der Waals surface area contributed by atoms with E-state index in [1.165, 1.54) is 12.5 Å². The van der Waals surface area contributed by atoms with Crippen LogP contribution in [0.5, 0.6) is 28.7 Å². The molecule has 2 fully saturated rings. The molecule has 13 heteroatoms. The third-order valence-corrected chi connectivity index (χ3v) is 13.7. The number of carbonyl (C=O) groups excluding carboxylic acids is 2. The Labute approximate surface area is 323 Å². The lowest BCUT2D eigenvalue weighted by Crippen LogP contribution is -2.60. The van der Waals surface area contributed by atoms with Crippen LogP contribution < -0.4 is 29.0 Å². The van der Waals surface area contributed by atoms with E-state index in [2.05, 4.69) is 40.0 Å². The number of aromatic nitrogens is 1. The van der Waals surface area contributed by atoms with Crippen LogP contribution in [0, 0.1) is 13.8 Å². The lowest BCUT2D eigenvalue weighted by molar-refractivity contribution is -0.154. The number of carbonyl (C=O) groups is 2. The van der Waals surface area contributed by atoms with E-state index >= 15 is 0 Å². The number of thioether (sulfide) groups is 1. The van der Waals surface area contributed by atoms with Crippen molar-refractivity contribution in [2.45, 2.75) is 68.6 Å². The van der Waals surface area contributed by atoms with Gasteiger partial charge in [-0.25, -0.2) is 4.79 Å². The number of aromatic amines is 1. The zero-order chi connectivity index (χ0) is 37.7. The minimum atomic E-state index is -1.16. The molecule has 11 rings (SSSR count). The van der Waals surface area contributed by atoms with E-state index < -0.39 is 17.6 Å². The van der Waals surface area contributed by atoms with Crippen molar-refractivity contribution in [3.8, 4) is 28.7 Å². The van der Waals surface area contributed by atoms with Crippen LogP contribution in [0.3, 0.4) is 0 Å². The summed E-state index contributed by atoms with van der Waals surface area (Å²) < 4.78 is 37.6. The van der Waals surface area contributed by atoms with E-state index in [-0.39, 0.29) is 42.7 Å². The fourth-order valence-electron chi connectivity index (χ4n) is 10.1. The molecule has 0 saturated carbocycles. The fraction of sp³-hybridized carbons (Fsp3) is 0.429. The first-order chi connectivity index (χ1) is 26.7. The Balaban J connectivity index is 1.21. The number of fused-ring (bicyclic) bond motifs is 11. The number of nitrogens with one attached hydrogen (secondary N) is 2. The Kier molecular flexibility index (Phi) is 8.18. The first-order valence-corrected chi connectivity index (χ1v) is 20.0. The predicted octanol–water partition coefficient (Wildman–Crippen LogP) is 6.16. The number of esters is 2. The molecule has 1 spiro atoms. The number of hydrogen-bond acceptors (Lipinski definition) is 11. The molecule has 55 heavy (non-hydrogen) atoms. The van der Waals surface area contributed by atoms with Gasteiger partial charge in [0.1, 0.15) is 19.0 Å². The molecule has 6 atom stereocenters. The van der Waals surface area contributed by atoms with Gasteiger partial charge in [0.15, 0.2) is 28.5 Å². The zero-order valence-electron chi connectivity index (χ0n) is 31.3. The molecule has 1 unspecified atom stereocenters. The van der Waals surface area contributed by atoms with Crippen LogP contribution in [0.1, 0.15) is 68.9 Å². The SMILES string of the molecule is C=CCOc1c(OC)c(C)cc2c1[C@H]1[N-][C@@H](C2)CN2C1[C@@H]1SC[C@]3(NCCc4c3[nH]c3ccccc43)C(=O)OC[C@H]2c2c3c(c(C)c(OC(C)=O)c21)OCO3. The summed E-state index contributed by atoms with van der Waals surface area (Å²) in [6.45, 7) is 10.9. The maximum Gasteiger partial charge on any atom is 0.333 e. The molecule has 0 radical (unpaired) electrons. The van der Waals surface area contributed by atoms with E-state index in [1.54, 1.807) is 24.9 Å². The molecule has 12 nitrogen and oxygen atoms in total. The number of rotatable bonds is 5. The number of benzene rings is 3. The first-order valence-electron chi connectivity index (χ1n) is 18.9. The predicted molar refractivity (Wildman–Crippen MR) is 207 cm³/mol. The molecule has 4 aromatic rings. The topological polar surface area (TPSA) is 135 Å². The average Bonchev–Trinajstić information content (AvgIpc) is 3.82. The highest BCUT2D eigenvalue weighted by Crippen LogP contribution is 2.64. The highest BCUT2D eigenvalue weighted by molar-refractivity contribution is 7.99. The highest BCUT2D eigenvalue weighted by Gasteiger charge is 2.55. The van der Waals surface area contributed by atoms with Crippen LogP contribution >= 0.6 is 11.8 Å². The van der Waals surface area contributed by atoms with Gasteiger partial charge >= 0.3 is 11.9 Å². The van der Waals surface area contributed by atoms with E-state index in [9.17, 15) is 9.59 Å². The minimum Gasteiger partial charge on any atom is -0.650 e. The smallest absolute Gasteiger partial charge is 0.333 e. The van der Waals surface area contributed by atoms with Crippen LogP contribution in [0.4, 0.5) is 0 Å². The van der Waals surface area contributed by atoms with Gasteiger partial charge in [0, 0.05) is 58.1 Å². The number of hydrogen-bond donors (Lipinski definition) is 2. The summed E-state index contributed by atoms with van der Waals surface area (Å²) in [7, 11) is 1.67. The summed E-state index contributed by atoms with van der Waals surface area (Å²) in [5, 5.41) is 9.97. The van der Waals surface area contributed by atoms with E-state index in [4.69, 9.17) is 33.7 Å². The quantitative estimate of drug-likeness (QED) is 0.138. The van der Waals surface area contributed by atoms with Gasteiger partial charge in [-0.2, -0.15) is 0 Å². The van der Waals surface area contributed by atoms with Gasteiger partial charge in [-0.3, -0.25) is 15.0 Å². The third kappa shape index (κ3) is 5.02. The summed E-state index contributed by atoms with van der Waals surface area (Å²) in [4.78, 5) is 33.8. The second-order valence-electron chi connectivity index (χ2n) is 15.3. The fourth-order valence-corrected chi connectivity index (χ4v) is 11.8. The van der Waals surface area contributed by atoms with Crippen molar-refractivity contribution in [2.24, 2.45) is 0 Å². The summed E-state index contributed by atoms with van der Waals surface area (Å²) in [5.41, 5.74) is 7.33. The lowest BCUT2D eigenvalue weighted by Gasteiger charge is -2.64. The van der Waals surface area contributed by atoms with Gasteiger partial charge in [-0.1, -0.05) is 43.0 Å². The Bertz CT molecular complexity index is 2310. The van der Waals surface area contributed by atoms with Crippen LogP contribution in [0.25, 0.3) is 16.2 Å². The van der Waals surface area contributed by atoms with Crippen molar-refractivity contribution in [1.82, 2.24) is 15.2 Å². The lowest BCUT2D eigenvalue weighted by atomic mass is 9.74. The molecule has 2 N–H and O–H groups in total. The van der Waals surface area contributed by atoms with Crippen LogP contribution in [0.15, 0.2) is 43.0 Å². The summed E-state index contributed by atoms with van der Waals surface area (Å²) >= 11 is 1.66. The van der Waals surface area contributed by atoms with Crippen LogP contribution in [0.2, 0.25) is 0 Å². The molecule has 1 aromatic heterocycles. The molecule has 0 amide bonds. The van der Waals surface area contributed by atoms with Gasteiger partial charge in [0.2, 0.25) is 6.79 Å². The van der Waals surface area contributed by atoms with Crippen molar-refractivity contribution < 1.29 is 38.0 Å². The van der Waals surface area contributed by atoms with Crippen molar-refractivity contribution in [1.29, 1.82) is 0 Å².